The molecule has 0 radical (unpaired) electrons. The second kappa shape index (κ2) is 17.9. The molecule has 4 aromatic carbocycles. The molecule has 276 valence electrons. The summed E-state index contributed by atoms with van der Waals surface area (Å²) in [6.45, 7) is -0.208. The molecule has 3 atom stereocenters. The highest BCUT2D eigenvalue weighted by Gasteiger charge is 2.40. The van der Waals surface area contributed by atoms with Crippen LogP contribution in [0.3, 0.4) is 0 Å². The molecule has 3 unspecified atom stereocenters. The van der Waals surface area contributed by atoms with Crippen LogP contribution in [-0.4, -0.2) is 65.4 Å². The Hall–Kier alpha value is -6.15. The zero-order chi connectivity index (χ0) is 37.8. The number of nitrogens with one attached hydrogen (secondary N) is 1. The number of hydrogen-bond donors (Lipinski definition) is 2. The SMILES string of the molecule is COc1ccc(Cc2c(OC3CC(OC(=O)c4ccccc4)CC(COC(=O)c4ccccc4)O3)n[nH]c2C(F)(F)F)cc1.O=C(O)c1ccccc1. The summed E-state index contributed by atoms with van der Waals surface area (Å²) in [6, 6.07) is 31.5. The van der Waals surface area contributed by atoms with Gasteiger partial charge in [0, 0.05) is 19.3 Å². The molecule has 53 heavy (non-hydrogen) atoms. The van der Waals surface area contributed by atoms with Gasteiger partial charge in [0.2, 0.25) is 12.2 Å². The number of aromatic amines is 1. The quantitative estimate of drug-likeness (QED) is 0.132. The first kappa shape index (κ1) is 38.1. The molecule has 1 aliphatic heterocycles. The molecule has 1 aliphatic rings. The van der Waals surface area contributed by atoms with Gasteiger partial charge in [-0.05, 0) is 54.1 Å². The van der Waals surface area contributed by atoms with Crippen molar-refractivity contribution in [3.63, 3.8) is 0 Å². The maximum Gasteiger partial charge on any atom is 0.433 e. The molecule has 0 saturated carbocycles. The van der Waals surface area contributed by atoms with Gasteiger partial charge in [0.25, 0.3) is 0 Å². The van der Waals surface area contributed by atoms with Crippen molar-refractivity contribution in [3.8, 4) is 11.6 Å². The number of benzene rings is 4. The lowest BCUT2D eigenvalue weighted by Gasteiger charge is -2.34. The Balaban J connectivity index is 0.000000526. The van der Waals surface area contributed by atoms with Gasteiger partial charge in [0.05, 0.1) is 35.5 Å². The van der Waals surface area contributed by atoms with E-state index in [2.05, 4.69) is 5.10 Å². The number of halogens is 3. The van der Waals surface area contributed by atoms with E-state index in [1.165, 1.54) is 7.11 Å². The summed E-state index contributed by atoms with van der Waals surface area (Å²) in [5.41, 5.74) is 0.279. The molecule has 0 bridgehead atoms. The number of carboxylic acids is 1. The van der Waals surface area contributed by atoms with Crippen LogP contribution in [0, 0.1) is 0 Å². The van der Waals surface area contributed by atoms with Crippen molar-refractivity contribution in [1.29, 1.82) is 0 Å². The van der Waals surface area contributed by atoms with E-state index in [1.807, 2.05) is 5.10 Å². The number of carbonyl (C=O) groups excluding carboxylic acids is 2. The molecule has 1 fully saturated rings. The van der Waals surface area contributed by atoms with Crippen molar-refractivity contribution in [2.45, 2.75) is 43.9 Å². The number of rotatable bonds is 11. The Labute approximate surface area is 302 Å². The molecule has 6 rings (SSSR count). The second-order valence-corrected chi connectivity index (χ2v) is 11.7. The van der Waals surface area contributed by atoms with Gasteiger partial charge in [-0.25, -0.2) is 14.4 Å². The third-order valence-corrected chi connectivity index (χ3v) is 7.93. The average molecular weight is 733 g/mol. The van der Waals surface area contributed by atoms with Crippen LogP contribution in [0.15, 0.2) is 115 Å². The van der Waals surface area contributed by atoms with Crippen molar-refractivity contribution in [1.82, 2.24) is 10.2 Å². The van der Waals surface area contributed by atoms with Gasteiger partial charge in [0.1, 0.15) is 24.2 Å². The number of alkyl halides is 3. The molecular weight excluding hydrogens is 697 g/mol. The fourth-order valence-electron chi connectivity index (χ4n) is 5.33. The monoisotopic (exact) mass is 732 g/mol. The van der Waals surface area contributed by atoms with Crippen molar-refractivity contribution < 1.29 is 56.3 Å². The maximum atomic E-state index is 13.9. The predicted molar refractivity (Wildman–Crippen MR) is 184 cm³/mol. The fourth-order valence-corrected chi connectivity index (χ4v) is 5.33. The Morgan fingerprint density at radius 3 is 1.91 bits per heavy atom. The largest absolute Gasteiger partial charge is 0.497 e. The zero-order valence-corrected chi connectivity index (χ0v) is 28.3. The van der Waals surface area contributed by atoms with Crippen molar-refractivity contribution in [2.24, 2.45) is 0 Å². The predicted octanol–water partition coefficient (Wildman–Crippen LogP) is 7.38. The van der Waals surface area contributed by atoms with E-state index in [0.717, 1.165) is 0 Å². The van der Waals surface area contributed by atoms with Crippen LogP contribution in [0.4, 0.5) is 13.2 Å². The van der Waals surface area contributed by atoms with Gasteiger partial charge < -0.3 is 28.8 Å². The van der Waals surface area contributed by atoms with E-state index in [-0.39, 0.29) is 37.3 Å². The minimum atomic E-state index is -4.73. The van der Waals surface area contributed by atoms with E-state index < -0.39 is 48.3 Å². The summed E-state index contributed by atoms with van der Waals surface area (Å²) in [5, 5.41) is 14.2. The highest BCUT2D eigenvalue weighted by Crippen LogP contribution is 2.37. The molecule has 0 aliphatic carbocycles. The Morgan fingerprint density at radius 2 is 1.38 bits per heavy atom. The molecule has 2 heterocycles. The van der Waals surface area contributed by atoms with Gasteiger partial charge in [-0.2, -0.15) is 13.2 Å². The number of aromatic nitrogens is 2. The van der Waals surface area contributed by atoms with E-state index >= 15 is 0 Å². The summed E-state index contributed by atoms with van der Waals surface area (Å²) in [6.07, 6.45) is -7.44. The summed E-state index contributed by atoms with van der Waals surface area (Å²) in [5.74, 6) is -1.81. The van der Waals surface area contributed by atoms with Gasteiger partial charge >= 0.3 is 24.1 Å². The Morgan fingerprint density at radius 1 is 0.811 bits per heavy atom. The van der Waals surface area contributed by atoms with Crippen LogP contribution < -0.4 is 9.47 Å². The van der Waals surface area contributed by atoms with Crippen molar-refractivity contribution in [3.05, 3.63) is 149 Å². The first-order chi connectivity index (χ1) is 25.5. The molecule has 1 saturated heterocycles. The topological polar surface area (TPSA) is 146 Å². The summed E-state index contributed by atoms with van der Waals surface area (Å²) >= 11 is 0. The highest BCUT2D eigenvalue weighted by molar-refractivity contribution is 5.90. The van der Waals surface area contributed by atoms with E-state index in [4.69, 9.17) is 28.8 Å². The molecule has 14 heteroatoms. The lowest BCUT2D eigenvalue weighted by molar-refractivity contribution is -0.186. The zero-order valence-electron chi connectivity index (χ0n) is 28.3. The number of aromatic carboxylic acids is 1. The number of esters is 2. The molecule has 5 aromatic rings. The van der Waals surface area contributed by atoms with Gasteiger partial charge in [-0.1, -0.05) is 66.7 Å². The number of H-pyrrole nitrogens is 1. The number of carbonyl (C=O) groups is 3. The second-order valence-electron chi connectivity index (χ2n) is 11.7. The number of carboxylic acid groups (broad SMARTS) is 1. The Kier molecular flexibility index (Phi) is 12.8. The summed E-state index contributed by atoms with van der Waals surface area (Å²) in [7, 11) is 1.49. The van der Waals surface area contributed by atoms with Crippen molar-refractivity contribution in [2.75, 3.05) is 13.7 Å². The van der Waals surface area contributed by atoms with Crippen LogP contribution >= 0.6 is 0 Å². The van der Waals surface area contributed by atoms with Crippen molar-refractivity contribution >= 4 is 17.9 Å². The number of methoxy groups -OCH3 is 1. The maximum absolute atomic E-state index is 13.9. The minimum absolute atomic E-state index is 0.00209. The number of nitrogens with zero attached hydrogens (tertiary/aromatic N) is 1. The smallest absolute Gasteiger partial charge is 0.433 e. The first-order valence-corrected chi connectivity index (χ1v) is 16.4. The highest BCUT2D eigenvalue weighted by atomic mass is 19.4. The number of hydrogen-bond acceptors (Lipinski definition) is 9. The molecule has 0 spiro atoms. The third kappa shape index (κ3) is 10.9. The van der Waals surface area contributed by atoms with E-state index in [0.29, 0.717) is 28.0 Å². The lowest BCUT2D eigenvalue weighted by atomic mass is 10.0. The normalized spacial score (nSPS) is 16.7. The average Bonchev–Trinajstić information content (AvgIpc) is 3.57. The molecular formula is C39H35F3N2O9. The standard InChI is InChI=1S/C32H29F3N2O7.C7H6O2/c1-40-23-14-12-20(13-15-23)16-26-28(32(33,34)35)36-37-29(26)44-27-18-24(43-31(39)22-10-6-3-7-11-22)17-25(42-27)19-41-30(38)21-8-4-2-5-9-21;8-7(9)6-4-2-1-3-5-6/h2-15,24-25,27H,16-19H2,1H3,(H,36,37);1-5H,(H,8,9). The van der Waals surface area contributed by atoms with Gasteiger partial charge in [-0.15, -0.1) is 5.10 Å². The van der Waals surface area contributed by atoms with E-state index in [9.17, 15) is 27.6 Å². The first-order valence-electron chi connectivity index (χ1n) is 16.4. The van der Waals surface area contributed by atoms with Crippen LogP contribution in [0.2, 0.25) is 0 Å². The van der Waals surface area contributed by atoms with Crippen LogP contribution in [0.25, 0.3) is 0 Å². The van der Waals surface area contributed by atoms with Crippen LogP contribution in [-0.2, 0) is 26.8 Å². The summed E-state index contributed by atoms with van der Waals surface area (Å²) < 4.78 is 69.9. The Bertz CT molecular complexity index is 1940. The molecule has 2 N–H and O–H groups in total. The molecule has 0 amide bonds. The fraction of sp³-hybridized carbons (Fsp3) is 0.231. The third-order valence-electron chi connectivity index (χ3n) is 7.93. The van der Waals surface area contributed by atoms with E-state index in [1.54, 1.807) is 115 Å². The molecule has 11 nitrogen and oxygen atoms in total. The minimum Gasteiger partial charge on any atom is -0.497 e. The van der Waals surface area contributed by atoms with Crippen LogP contribution in [0.5, 0.6) is 11.6 Å². The van der Waals surface area contributed by atoms with Gasteiger partial charge in [-0.3, -0.25) is 5.10 Å². The van der Waals surface area contributed by atoms with Gasteiger partial charge in [0.15, 0.2) is 0 Å². The summed E-state index contributed by atoms with van der Waals surface area (Å²) in [4.78, 5) is 35.5. The van der Waals surface area contributed by atoms with Crippen LogP contribution in [0.1, 0.15) is 60.7 Å². The molecule has 1 aromatic heterocycles. The lowest BCUT2D eigenvalue weighted by Crippen LogP contribution is -2.43. The number of ether oxygens (including phenoxy) is 5.